The predicted molar refractivity (Wildman–Crippen MR) is 109 cm³/mol. The fourth-order valence-corrected chi connectivity index (χ4v) is 3.13. The summed E-state index contributed by atoms with van der Waals surface area (Å²) < 4.78 is 0. The second-order valence-corrected chi connectivity index (χ2v) is 7.41. The number of hydrogen-bond donors (Lipinski definition) is 1. The second-order valence-electron chi connectivity index (χ2n) is 7.41. The summed E-state index contributed by atoms with van der Waals surface area (Å²) in [7, 11) is 0. The molecule has 1 N–H and O–H groups in total. The van der Waals surface area contributed by atoms with Crippen LogP contribution in [0.5, 0.6) is 0 Å². The van der Waals surface area contributed by atoms with Gasteiger partial charge >= 0.3 is 0 Å². The molecule has 4 heteroatoms. The molecule has 2 amide bonds. The molecule has 0 unspecified atom stereocenters. The van der Waals surface area contributed by atoms with Crippen molar-refractivity contribution in [2.75, 3.05) is 11.4 Å². The monoisotopic (exact) mass is 364 g/mol. The van der Waals surface area contributed by atoms with Gasteiger partial charge in [-0.3, -0.25) is 9.59 Å². The Kier molecular flexibility index (Phi) is 6.28. The van der Waals surface area contributed by atoms with Crippen molar-refractivity contribution in [2.24, 2.45) is 5.92 Å². The molecule has 27 heavy (non-hydrogen) atoms. The van der Waals surface area contributed by atoms with E-state index >= 15 is 0 Å². The number of carbonyl (C=O) groups is 2. The highest BCUT2D eigenvalue weighted by atomic mass is 16.2. The van der Waals surface area contributed by atoms with Crippen molar-refractivity contribution in [1.82, 2.24) is 5.32 Å². The third-order valence-electron chi connectivity index (χ3n) is 4.92. The Morgan fingerprint density at radius 3 is 2.44 bits per heavy atom. The Morgan fingerprint density at radius 2 is 1.81 bits per heavy atom. The summed E-state index contributed by atoms with van der Waals surface area (Å²) in [6, 6.07) is 16.0. The van der Waals surface area contributed by atoms with Gasteiger partial charge in [0.2, 0.25) is 11.8 Å². The van der Waals surface area contributed by atoms with E-state index in [1.807, 2.05) is 48.2 Å². The van der Waals surface area contributed by atoms with E-state index in [0.29, 0.717) is 25.3 Å². The number of benzene rings is 2. The van der Waals surface area contributed by atoms with Crippen LogP contribution in [0.25, 0.3) is 0 Å². The maximum Gasteiger partial charge on any atom is 0.227 e. The van der Waals surface area contributed by atoms with E-state index in [4.69, 9.17) is 0 Å². The van der Waals surface area contributed by atoms with Crippen LogP contribution in [0.15, 0.2) is 48.5 Å². The van der Waals surface area contributed by atoms with Crippen LogP contribution in [0.4, 0.5) is 5.69 Å². The minimum Gasteiger partial charge on any atom is -0.356 e. The van der Waals surface area contributed by atoms with Gasteiger partial charge in [-0.1, -0.05) is 48.9 Å². The zero-order valence-electron chi connectivity index (χ0n) is 16.2. The van der Waals surface area contributed by atoms with Gasteiger partial charge < -0.3 is 10.2 Å². The summed E-state index contributed by atoms with van der Waals surface area (Å²) in [5.41, 5.74) is 4.13. The first kappa shape index (κ1) is 19.2. The summed E-state index contributed by atoms with van der Waals surface area (Å²) in [6.07, 6.45) is 3.30. The van der Waals surface area contributed by atoms with Gasteiger partial charge in [0, 0.05) is 18.7 Å². The number of aryl methyl sites for hydroxylation is 1. The Labute approximate surface area is 161 Å². The maximum absolute atomic E-state index is 12.5. The summed E-state index contributed by atoms with van der Waals surface area (Å²) >= 11 is 0. The molecule has 0 saturated heterocycles. The van der Waals surface area contributed by atoms with E-state index in [9.17, 15) is 9.59 Å². The number of rotatable bonds is 8. The summed E-state index contributed by atoms with van der Waals surface area (Å²) in [5, 5.41) is 2.99. The first-order valence-corrected chi connectivity index (χ1v) is 9.76. The van der Waals surface area contributed by atoms with Crippen molar-refractivity contribution in [3.63, 3.8) is 0 Å². The maximum atomic E-state index is 12.5. The van der Waals surface area contributed by atoms with Gasteiger partial charge in [0.15, 0.2) is 0 Å². The molecule has 0 heterocycles. The minimum atomic E-state index is 0.0656. The van der Waals surface area contributed by atoms with Gasteiger partial charge in [0.1, 0.15) is 0 Å². The van der Waals surface area contributed by atoms with Crippen molar-refractivity contribution >= 4 is 17.5 Å². The summed E-state index contributed by atoms with van der Waals surface area (Å²) in [6.45, 7) is 5.28. The van der Waals surface area contributed by atoms with E-state index in [1.54, 1.807) is 0 Å². The minimum absolute atomic E-state index is 0.0656. The lowest BCUT2D eigenvalue weighted by Gasteiger charge is -2.23. The Hall–Kier alpha value is -2.62. The van der Waals surface area contributed by atoms with Gasteiger partial charge in [0.05, 0.1) is 13.0 Å². The zero-order chi connectivity index (χ0) is 19.2. The standard InChI is InChI=1S/C23H28N2O2/c1-3-23(27)25(16-20-6-4-5-17(2)13-20)21-11-9-18(10-12-21)14-22(26)24-15-19-7-8-19/h4-6,9-13,19H,3,7-8,14-16H2,1-2H3,(H,24,26). The highest BCUT2D eigenvalue weighted by Crippen LogP contribution is 2.27. The highest BCUT2D eigenvalue weighted by molar-refractivity contribution is 5.93. The summed E-state index contributed by atoms with van der Waals surface area (Å²) in [5.74, 6) is 0.842. The number of amides is 2. The first-order valence-electron chi connectivity index (χ1n) is 9.76. The van der Waals surface area contributed by atoms with Gasteiger partial charge in [-0.25, -0.2) is 0 Å². The number of hydrogen-bond acceptors (Lipinski definition) is 2. The van der Waals surface area contributed by atoms with Crippen molar-refractivity contribution < 1.29 is 9.59 Å². The topological polar surface area (TPSA) is 49.4 Å². The van der Waals surface area contributed by atoms with Crippen LogP contribution in [0.3, 0.4) is 0 Å². The molecule has 2 aromatic carbocycles. The molecule has 1 aliphatic rings. The van der Waals surface area contributed by atoms with E-state index < -0.39 is 0 Å². The number of nitrogens with one attached hydrogen (secondary N) is 1. The molecule has 0 radical (unpaired) electrons. The lowest BCUT2D eigenvalue weighted by Crippen LogP contribution is -2.29. The van der Waals surface area contributed by atoms with E-state index in [2.05, 4.69) is 24.4 Å². The highest BCUT2D eigenvalue weighted by Gasteiger charge is 2.21. The number of anilines is 1. The van der Waals surface area contributed by atoms with Crippen molar-refractivity contribution in [2.45, 2.75) is 46.1 Å². The quantitative estimate of drug-likeness (QED) is 0.769. The van der Waals surface area contributed by atoms with Gasteiger partial charge in [0.25, 0.3) is 0 Å². The van der Waals surface area contributed by atoms with Crippen LogP contribution < -0.4 is 10.2 Å². The molecule has 1 aliphatic carbocycles. The Bertz CT molecular complexity index is 794. The molecule has 142 valence electrons. The molecule has 0 aliphatic heterocycles. The third kappa shape index (κ3) is 5.68. The van der Waals surface area contributed by atoms with Crippen LogP contribution >= 0.6 is 0 Å². The van der Waals surface area contributed by atoms with Crippen LogP contribution in [0.1, 0.15) is 42.9 Å². The molecule has 1 saturated carbocycles. The molecule has 1 fully saturated rings. The number of nitrogens with zero attached hydrogens (tertiary/aromatic N) is 1. The predicted octanol–water partition coefficient (Wildman–Crippen LogP) is 4.01. The van der Waals surface area contributed by atoms with Crippen LogP contribution in [0.2, 0.25) is 0 Å². The molecular formula is C23H28N2O2. The molecule has 0 bridgehead atoms. The van der Waals surface area contributed by atoms with Crippen LogP contribution in [-0.2, 0) is 22.6 Å². The van der Waals surface area contributed by atoms with Crippen LogP contribution in [0, 0.1) is 12.8 Å². The Morgan fingerprint density at radius 1 is 1.07 bits per heavy atom. The van der Waals surface area contributed by atoms with Gasteiger partial charge in [-0.15, -0.1) is 0 Å². The molecule has 3 rings (SSSR count). The average molecular weight is 364 g/mol. The third-order valence-corrected chi connectivity index (χ3v) is 4.92. The Balaban J connectivity index is 1.66. The average Bonchev–Trinajstić information content (AvgIpc) is 3.49. The lowest BCUT2D eigenvalue weighted by atomic mass is 10.1. The second kappa shape index (κ2) is 8.85. The summed E-state index contributed by atoms with van der Waals surface area (Å²) in [4.78, 5) is 26.3. The van der Waals surface area contributed by atoms with E-state index in [1.165, 1.54) is 18.4 Å². The van der Waals surface area contributed by atoms with E-state index in [-0.39, 0.29) is 11.8 Å². The van der Waals surface area contributed by atoms with Gasteiger partial charge in [-0.05, 0) is 48.9 Å². The molecule has 0 spiro atoms. The van der Waals surface area contributed by atoms with E-state index in [0.717, 1.165) is 23.4 Å². The number of carbonyl (C=O) groups excluding carboxylic acids is 2. The zero-order valence-corrected chi connectivity index (χ0v) is 16.2. The van der Waals surface area contributed by atoms with Crippen molar-refractivity contribution in [3.8, 4) is 0 Å². The molecular weight excluding hydrogens is 336 g/mol. The lowest BCUT2D eigenvalue weighted by molar-refractivity contribution is -0.120. The first-order chi connectivity index (χ1) is 13.0. The fourth-order valence-electron chi connectivity index (χ4n) is 3.13. The van der Waals surface area contributed by atoms with Crippen molar-refractivity contribution in [1.29, 1.82) is 0 Å². The molecule has 4 nitrogen and oxygen atoms in total. The SMILES string of the molecule is CCC(=O)N(Cc1cccc(C)c1)c1ccc(CC(=O)NCC2CC2)cc1. The normalized spacial score (nSPS) is 13.3. The van der Waals surface area contributed by atoms with Crippen molar-refractivity contribution in [3.05, 3.63) is 65.2 Å². The van der Waals surface area contributed by atoms with Crippen LogP contribution in [-0.4, -0.2) is 18.4 Å². The van der Waals surface area contributed by atoms with Gasteiger partial charge in [-0.2, -0.15) is 0 Å². The molecule has 0 aromatic heterocycles. The fraction of sp³-hybridized carbons (Fsp3) is 0.391. The smallest absolute Gasteiger partial charge is 0.227 e. The molecule has 0 atom stereocenters. The largest absolute Gasteiger partial charge is 0.356 e. The molecule has 2 aromatic rings.